The third-order valence-electron chi connectivity index (χ3n) is 16.1. The van der Waals surface area contributed by atoms with Crippen LogP contribution in [0.15, 0.2) is 249 Å². The number of hydrogen-bond acceptors (Lipinski definition) is 6. The predicted octanol–water partition coefficient (Wildman–Crippen LogP) is 18.7. The van der Waals surface area contributed by atoms with E-state index in [1.54, 1.807) is 0 Å². The minimum Gasteiger partial charge on any atom is -0.458 e. The van der Waals surface area contributed by atoms with Gasteiger partial charge in [0.1, 0.15) is 23.0 Å². The van der Waals surface area contributed by atoms with E-state index >= 15 is 0 Å². The molecule has 13 aromatic carbocycles. The van der Waals surface area contributed by atoms with Gasteiger partial charge in [-0.05, 0) is 140 Å². The van der Waals surface area contributed by atoms with Crippen LogP contribution in [-0.4, -0.2) is 6.71 Å². The summed E-state index contributed by atoms with van der Waals surface area (Å²) in [6, 6.07) is 90.6. The molecule has 7 heteroatoms. The Morgan fingerprint density at radius 2 is 0.714 bits per heavy atom. The third kappa shape index (κ3) is 6.51. The maximum atomic E-state index is 6.92. The van der Waals surface area contributed by atoms with Gasteiger partial charge in [-0.1, -0.05) is 152 Å². The van der Waals surface area contributed by atoms with Crippen molar-refractivity contribution in [2.45, 2.75) is 0 Å². The van der Waals surface area contributed by atoms with Crippen molar-refractivity contribution in [1.82, 2.24) is 0 Å². The van der Waals surface area contributed by atoms with E-state index in [9.17, 15) is 0 Å². The minimum atomic E-state index is -0.0624. The molecule has 0 atom stereocenters. The van der Waals surface area contributed by atoms with Gasteiger partial charge in [0.15, 0.2) is 0 Å². The first-order chi connectivity index (χ1) is 38.1. The first-order valence-corrected chi connectivity index (χ1v) is 27.8. The summed E-state index contributed by atoms with van der Waals surface area (Å²) in [6.07, 6.45) is 0. The zero-order valence-corrected chi connectivity index (χ0v) is 42.9. The van der Waals surface area contributed by atoms with Gasteiger partial charge in [0, 0.05) is 79.3 Å². The number of thiophene rings is 2. The van der Waals surface area contributed by atoms with Crippen LogP contribution in [0.3, 0.4) is 0 Å². The fraction of sp³-hybridized carbons (Fsp3) is 0. The highest BCUT2D eigenvalue weighted by molar-refractivity contribution is 7.27. The summed E-state index contributed by atoms with van der Waals surface area (Å²) in [5.74, 6) is 3.50. The van der Waals surface area contributed by atoms with E-state index in [-0.39, 0.29) is 6.71 Å². The number of hydrogen-bond donors (Lipinski definition) is 0. The molecule has 2 aliphatic rings. The van der Waals surface area contributed by atoms with Crippen LogP contribution in [0, 0.1) is 0 Å². The number of nitrogens with zero attached hydrogens (tertiary/aromatic N) is 2. The van der Waals surface area contributed by atoms with Crippen LogP contribution < -0.4 is 35.7 Å². The highest BCUT2D eigenvalue weighted by atomic mass is 32.1. The molecule has 0 bridgehead atoms. The molecule has 0 amide bonds. The lowest BCUT2D eigenvalue weighted by Gasteiger charge is -2.33. The molecule has 0 aliphatic carbocycles. The smallest absolute Gasteiger partial charge is 0.260 e. The highest BCUT2D eigenvalue weighted by Gasteiger charge is 2.41. The normalized spacial score (nSPS) is 12.6. The molecule has 17 rings (SSSR count). The Morgan fingerprint density at radius 1 is 0.286 bits per heavy atom. The predicted molar refractivity (Wildman–Crippen MR) is 329 cm³/mol. The molecule has 0 saturated carbocycles. The highest BCUT2D eigenvalue weighted by Crippen LogP contribution is 2.48. The molecule has 77 heavy (non-hydrogen) atoms. The molecule has 4 nitrogen and oxygen atoms in total. The first kappa shape index (κ1) is 42.9. The van der Waals surface area contributed by atoms with Gasteiger partial charge in [-0.2, -0.15) is 0 Å². The van der Waals surface area contributed by atoms with Crippen molar-refractivity contribution < 1.29 is 9.47 Å². The van der Waals surface area contributed by atoms with Gasteiger partial charge in [0.05, 0.1) is 11.4 Å². The monoisotopic (exact) mass is 1020 g/mol. The number of benzene rings is 13. The molecule has 358 valence electrons. The van der Waals surface area contributed by atoms with Crippen LogP contribution in [0.1, 0.15) is 0 Å². The van der Waals surface area contributed by atoms with Gasteiger partial charge in [-0.15, -0.1) is 22.7 Å². The molecule has 0 radical (unpaired) electrons. The maximum absolute atomic E-state index is 6.92. The molecule has 0 unspecified atom stereocenters. The summed E-state index contributed by atoms with van der Waals surface area (Å²) in [5.41, 5.74) is 10.2. The van der Waals surface area contributed by atoms with Crippen molar-refractivity contribution in [3.8, 4) is 23.0 Å². The van der Waals surface area contributed by atoms with Crippen LogP contribution >= 0.6 is 22.7 Å². The molecule has 2 aliphatic heterocycles. The quantitative estimate of drug-likeness (QED) is 0.155. The van der Waals surface area contributed by atoms with Crippen molar-refractivity contribution in [2.24, 2.45) is 0 Å². The van der Waals surface area contributed by atoms with Crippen LogP contribution in [0.2, 0.25) is 0 Å². The van der Waals surface area contributed by atoms with Gasteiger partial charge in [0.25, 0.3) is 6.71 Å². The topological polar surface area (TPSA) is 24.9 Å². The lowest BCUT2D eigenvalue weighted by Crippen LogP contribution is -2.57. The SMILES string of the molecule is c1ccc(N(c2ccc3c(ccc4c5cc6c(cc5sc34)B3c4cc5sc7c8ccc(N(c9ccccc9)c9cccc%10ccccc9%10)cc8ccc7c5cc4Oc4cccc(c43)O6)c2)c2cccc3ccccc23)cc1. The number of rotatable bonds is 6. The fourth-order valence-corrected chi connectivity index (χ4v) is 15.1. The van der Waals surface area contributed by atoms with Crippen LogP contribution in [0.5, 0.6) is 23.0 Å². The number of fused-ring (bicyclic) bond motifs is 16. The van der Waals surface area contributed by atoms with E-state index in [1.807, 2.05) is 22.7 Å². The summed E-state index contributed by atoms with van der Waals surface area (Å²) in [5, 5.41) is 14.7. The largest absolute Gasteiger partial charge is 0.458 e. The third-order valence-corrected chi connectivity index (χ3v) is 18.5. The minimum absolute atomic E-state index is 0.0624. The number of ether oxygens (including phenoxy) is 2. The molecule has 0 fully saturated rings. The Morgan fingerprint density at radius 3 is 1.21 bits per heavy atom. The van der Waals surface area contributed by atoms with Crippen molar-refractivity contribution in [3.63, 3.8) is 0 Å². The van der Waals surface area contributed by atoms with E-state index < -0.39 is 0 Å². The molecule has 0 N–H and O–H groups in total. The Labute approximate surface area is 451 Å². The molecular weight excluding hydrogens is 976 g/mol. The van der Waals surface area contributed by atoms with E-state index in [0.29, 0.717) is 0 Å². The Kier molecular flexibility index (Phi) is 9.22. The number of para-hydroxylation sites is 2. The average molecular weight is 1020 g/mol. The molecule has 0 spiro atoms. The lowest BCUT2D eigenvalue weighted by molar-refractivity contribution is 0.465. The van der Waals surface area contributed by atoms with Gasteiger partial charge in [-0.3, -0.25) is 0 Å². The maximum Gasteiger partial charge on any atom is 0.260 e. The molecule has 2 aromatic heterocycles. The summed E-state index contributed by atoms with van der Waals surface area (Å²) < 4.78 is 18.9. The number of anilines is 6. The van der Waals surface area contributed by atoms with Crippen molar-refractivity contribution in [3.05, 3.63) is 249 Å². The van der Waals surface area contributed by atoms with Crippen molar-refractivity contribution in [2.75, 3.05) is 9.80 Å². The van der Waals surface area contributed by atoms with E-state index in [1.165, 1.54) is 94.4 Å². The fourth-order valence-electron chi connectivity index (χ4n) is 12.6. The Balaban J connectivity index is 0.782. The summed E-state index contributed by atoms with van der Waals surface area (Å²) >= 11 is 3.75. The van der Waals surface area contributed by atoms with Gasteiger partial charge in [-0.25, -0.2) is 0 Å². The van der Waals surface area contributed by atoms with E-state index in [0.717, 1.165) is 62.6 Å². The van der Waals surface area contributed by atoms with Crippen LogP contribution in [-0.2, 0) is 0 Å². The van der Waals surface area contributed by atoms with Gasteiger partial charge < -0.3 is 19.3 Å². The summed E-state index contributed by atoms with van der Waals surface area (Å²) in [4.78, 5) is 4.77. The van der Waals surface area contributed by atoms with E-state index in [2.05, 4.69) is 259 Å². The second-order valence-corrected chi connectivity index (χ2v) is 22.4. The Hall–Kier alpha value is -9.40. The molecule has 4 heterocycles. The zero-order chi connectivity index (χ0) is 50.3. The summed E-state index contributed by atoms with van der Waals surface area (Å²) in [7, 11) is 0. The van der Waals surface area contributed by atoms with E-state index in [4.69, 9.17) is 9.47 Å². The lowest BCUT2D eigenvalue weighted by atomic mass is 9.35. The van der Waals surface area contributed by atoms with Crippen LogP contribution in [0.25, 0.3) is 83.4 Å². The second-order valence-electron chi connectivity index (χ2n) is 20.3. The zero-order valence-electron chi connectivity index (χ0n) is 41.3. The molecule has 15 aromatic rings. The van der Waals surface area contributed by atoms with Crippen molar-refractivity contribution >= 4 is 163 Å². The first-order valence-electron chi connectivity index (χ1n) is 26.2. The van der Waals surface area contributed by atoms with Gasteiger partial charge in [0.2, 0.25) is 0 Å². The molecular formula is C70H41BN2O2S2. The van der Waals surface area contributed by atoms with Gasteiger partial charge >= 0.3 is 0 Å². The van der Waals surface area contributed by atoms with Crippen LogP contribution in [0.4, 0.5) is 34.1 Å². The molecule has 0 saturated heterocycles. The second kappa shape index (κ2) is 16.6. The summed E-state index contributed by atoms with van der Waals surface area (Å²) in [6.45, 7) is -0.0624. The van der Waals surface area contributed by atoms with Crippen molar-refractivity contribution in [1.29, 1.82) is 0 Å². The standard InChI is InChI=1S/C70H41BN2O2S2/c1-3-18-46(19-4-1)72(60-24-11-16-42-14-7-9-22-50(42)60)48-30-34-52-44(36-48)28-32-54-56-38-64-58(40-66(56)76-69(52)54)71-59-41-67-57(39-65(59)75-63-27-13-26-62(74-64)68(63)71)55-33-29-45-37-49(31-35-53(45)70(55)77-67)73(47-20-5-2-6-21-47)61-25-12-17-43-15-8-10-23-51(43)61/h1-41H. The average Bonchev–Trinajstić information content (AvgIpc) is 4.18. The Bertz CT molecular complexity index is 4650.